The molecule has 31 heavy (non-hydrogen) atoms. The number of benzene rings is 4. The molecule has 4 aromatic carbocycles. The number of hydrogen-bond donors (Lipinski definition) is 0. The maximum absolute atomic E-state index is 3.84. The molecule has 152 valence electrons. The summed E-state index contributed by atoms with van der Waals surface area (Å²) in [6.07, 6.45) is 2.21. The highest BCUT2D eigenvalue weighted by molar-refractivity contribution is 9.10. The van der Waals surface area contributed by atoms with Gasteiger partial charge in [-0.2, -0.15) is 0 Å². The van der Waals surface area contributed by atoms with Crippen molar-refractivity contribution in [2.45, 2.75) is 32.1 Å². The number of nitrogens with zero attached hydrogens (tertiary/aromatic N) is 1. The molecular weight excluding hydrogens is 442 g/mol. The van der Waals surface area contributed by atoms with Gasteiger partial charge in [0.05, 0.1) is 11.0 Å². The molecule has 0 saturated carbocycles. The summed E-state index contributed by atoms with van der Waals surface area (Å²) in [4.78, 5) is 0. The summed E-state index contributed by atoms with van der Waals surface area (Å²) in [6.45, 7) is 4.66. The molecule has 0 bridgehead atoms. The summed E-state index contributed by atoms with van der Waals surface area (Å²) in [5, 5.41) is 2.57. The first kappa shape index (κ1) is 18.9. The van der Waals surface area contributed by atoms with Crippen LogP contribution in [0.5, 0.6) is 0 Å². The highest BCUT2D eigenvalue weighted by Crippen LogP contribution is 2.53. The molecule has 5 aromatic rings. The van der Waals surface area contributed by atoms with Crippen LogP contribution in [0.3, 0.4) is 0 Å². The van der Waals surface area contributed by atoms with Gasteiger partial charge in [-0.25, -0.2) is 0 Å². The van der Waals surface area contributed by atoms with E-state index in [1.807, 2.05) is 0 Å². The van der Waals surface area contributed by atoms with E-state index in [4.69, 9.17) is 0 Å². The Hall–Kier alpha value is -2.84. The van der Waals surface area contributed by atoms with Crippen molar-refractivity contribution in [1.82, 2.24) is 4.57 Å². The minimum Gasteiger partial charge on any atom is -0.308 e. The van der Waals surface area contributed by atoms with Gasteiger partial charge in [0, 0.05) is 26.3 Å². The summed E-state index contributed by atoms with van der Waals surface area (Å²) in [5.41, 5.74) is 9.54. The van der Waals surface area contributed by atoms with Gasteiger partial charge >= 0.3 is 0 Å². The Bertz CT molecular complexity index is 1470. The molecule has 2 heteroatoms. The zero-order chi connectivity index (χ0) is 21.2. The SMILES string of the molecule is CCC1(CC)c2ccccc2-c2ccc(-n3c4ccccc4c4cccc(Br)c43)cc21. The second kappa shape index (κ2) is 6.83. The Morgan fingerprint density at radius 2 is 1.42 bits per heavy atom. The highest BCUT2D eigenvalue weighted by Gasteiger charge is 2.40. The topological polar surface area (TPSA) is 4.93 Å². The van der Waals surface area contributed by atoms with E-state index in [9.17, 15) is 0 Å². The van der Waals surface area contributed by atoms with Gasteiger partial charge in [-0.15, -0.1) is 0 Å². The van der Waals surface area contributed by atoms with E-state index in [-0.39, 0.29) is 5.41 Å². The molecule has 0 fully saturated rings. The molecule has 0 unspecified atom stereocenters. The maximum Gasteiger partial charge on any atom is 0.0683 e. The van der Waals surface area contributed by atoms with Gasteiger partial charge in [0.1, 0.15) is 0 Å². The molecule has 0 amide bonds. The largest absolute Gasteiger partial charge is 0.308 e. The molecule has 0 radical (unpaired) electrons. The third kappa shape index (κ3) is 2.43. The monoisotopic (exact) mass is 465 g/mol. The molecule has 0 atom stereocenters. The van der Waals surface area contributed by atoms with Crippen LogP contribution >= 0.6 is 15.9 Å². The first-order valence-corrected chi connectivity index (χ1v) is 11.9. The molecule has 0 saturated heterocycles. The fourth-order valence-electron chi connectivity index (χ4n) is 5.84. The predicted octanol–water partition coefficient (Wildman–Crippen LogP) is 8.63. The quantitative estimate of drug-likeness (QED) is 0.251. The Morgan fingerprint density at radius 3 is 2.26 bits per heavy atom. The number of halogens is 1. The molecule has 0 spiro atoms. The lowest BCUT2D eigenvalue weighted by molar-refractivity contribution is 0.490. The van der Waals surface area contributed by atoms with Crippen molar-refractivity contribution in [3.63, 3.8) is 0 Å². The highest BCUT2D eigenvalue weighted by atomic mass is 79.9. The van der Waals surface area contributed by atoms with E-state index in [0.717, 1.165) is 17.3 Å². The van der Waals surface area contributed by atoms with Crippen LogP contribution in [0, 0.1) is 0 Å². The Morgan fingerprint density at radius 1 is 0.710 bits per heavy atom. The van der Waals surface area contributed by atoms with Gasteiger partial charge in [-0.05, 0) is 75.3 Å². The Kier molecular flexibility index (Phi) is 4.16. The second-order valence-electron chi connectivity index (χ2n) is 8.55. The van der Waals surface area contributed by atoms with Crippen LogP contribution in [0.4, 0.5) is 0 Å². The first-order chi connectivity index (χ1) is 15.2. The summed E-state index contributed by atoms with van der Waals surface area (Å²) in [7, 11) is 0. The molecule has 1 aliphatic rings. The van der Waals surface area contributed by atoms with Crippen molar-refractivity contribution in [2.24, 2.45) is 0 Å². The van der Waals surface area contributed by atoms with Crippen LogP contribution in [0.25, 0.3) is 38.6 Å². The lowest BCUT2D eigenvalue weighted by Crippen LogP contribution is -2.23. The minimum atomic E-state index is 0.0813. The van der Waals surface area contributed by atoms with Gasteiger partial charge in [-0.3, -0.25) is 0 Å². The number of rotatable bonds is 3. The third-order valence-corrected chi connectivity index (χ3v) is 8.00. The number of hydrogen-bond acceptors (Lipinski definition) is 0. The summed E-state index contributed by atoms with van der Waals surface area (Å²) in [5.74, 6) is 0. The smallest absolute Gasteiger partial charge is 0.0683 e. The lowest BCUT2D eigenvalue weighted by atomic mass is 9.74. The molecule has 6 rings (SSSR count). The first-order valence-electron chi connectivity index (χ1n) is 11.1. The van der Waals surface area contributed by atoms with Crippen LogP contribution < -0.4 is 0 Å². The lowest BCUT2D eigenvalue weighted by Gasteiger charge is -2.30. The van der Waals surface area contributed by atoms with Crippen molar-refractivity contribution >= 4 is 37.7 Å². The molecular formula is C29H24BrN. The Labute approximate surface area is 191 Å². The molecule has 0 aliphatic heterocycles. The van der Waals surface area contributed by atoms with E-state index >= 15 is 0 Å². The number of aromatic nitrogens is 1. The normalized spacial score (nSPS) is 14.2. The maximum atomic E-state index is 3.84. The predicted molar refractivity (Wildman–Crippen MR) is 135 cm³/mol. The van der Waals surface area contributed by atoms with Gasteiger partial charge < -0.3 is 4.57 Å². The minimum absolute atomic E-state index is 0.0813. The van der Waals surface area contributed by atoms with Gasteiger partial charge in [-0.1, -0.05) is 74.5 Å². The molecule has 1 nitrogen and oxygen atoms in total. The standard InChI is InChI=1S/C29H24BrN/c1-3-29(4-2)24-13-7-5-10-20(24)21-17-16-19(18-25(21)29)31-27-15-8-6-11-22(27)23-12-9-14-26(30)28(23)31/h5-18H,3-4H2,1-2H3. The molecule has 0 N–H and O–H groups in total. The van der Waals surface area contributed by atoms with Crippen LogP contribution in [-0.2, 0) is 5.41 Å². The second-order valence-corrected chi connectivity index (χ2v) is 9.41. The molecule has 1 heterocycles. The van der Waals surface area contributed by atoms with Crippen LogP contribution in [0.15, 0.2) is 89.4 Å². The number of fused-ring (bicyclic) bond motifs is 6. The molecule has 1 aromatic heterocycles. The van der Waals surface area contributed by atoms with Crippen LogP contribution in [0.2, 0.25) is 0 Å². The van der Waals surface area contributed by atoms with Gasteiger partial charge in [0.2, 0.25) is 0 Å². The number of para-hydroxylation sites is 2. The van der Waals surface area contributed by atoms with E-state index in [1.54, 1.807) is 0 Å². The van der Waals surface area contributed by atoms with Gasteiger partial charge in [0.15, 0.2) is 0 Å². The fraction of sp³-hybridized carbons (Fsp3) is 0.172. The van der Waals surface area contributed by atoms with E-state index in [2.05, 4.69) is 119 Å². The van der Waals surface area contributed by atoms with Crippen molar-refractivity contribution in [2.75, 3.05) is 0 Å². The third-order valence-electron chi connectivity index (χ3n) is 7.36. The van der Waals surface area contributed by atoms with Crippen LogP contribution in [0.1, 0.15) is 37.8 Å². The molecule has 1 aliphatic carbocycles. The average molecular weight is 466 g/mol. The van der Waals surface area contributed by atoms with E-state index in [1.165, 1.54) is 49.7 Å². The fourth-order valence-corrected chi connectivity index (χ4v) is 6.38. The Balaban J connectivity index is 1.70. The zero-order valence-electron chi connectivity index (χ0n) is 17.8. The van der Waals surface area contributed by atoms with Crippen molar-refractivity contribution in [3.05, 3.63) is 101 Å². The van der Waals surface area contributed by atoms with Crippen molar-refractivity contribution in [1.29, 1.82) is 0 Å². The average Bonchev–Trinajstić information content (AvgIpc) is 3.30. The zero-order valence-corrected chi connectivity index (χ0v) is 19.4. The van der Waals surface area contributed by atoms with Crippen molar-refractivity contribution in [3.8, 4) is 16.8 Å². The van der Waals surface area contributed by atoms with E-state index < -0.39 is 0 Å². The van der Waals surface area contributed by atoms with E-state index in [0.29, 0.717) is 0 Å². The van der Waals surface area contributed by atoms with Crippen molar-refractivity contribution < 1.29 is 0 Å². The summed E-state index contributed by atoms with van der Waals surface area (Å²) < 4.78 is 3.55. The van der Waals surface area contributed by atoms with Crippen LogP contribution in [-0.4, -0.2) is 4.57 Å². The summed E-state index contributed by atoms with van der Waals surface area (Å²) in [6, 6.07) is 31.3. The summed E-state index contributed by atoms with van der Waals surface area (Å²) >= 11 is 3.84. The van der Waals surface area contributed by atoms with Gasteiger partial charge in [0.25, 0.3) is 0 Å².